The summed E-state index contributed by atoms with van der Waals surface area (Å²) < 4.78 is 29.9. The SMILES string of the molecule is CCOC(=O)c1ccc(NC(=O)COc2ccc([C@@H]3c4sc(=O)[nH]c4S[C@H]4C(=O)N(c5ccc(F)cc5)C(=O)[C@@H]34)cc2OC)cc1. The topological polar surface area (TPSA) is 144 Å². The zero-order chi connectivity index (χ0) is 32.5. The van der Waals surface area contributed by atoms with Crippen LogP contribution in [-0.4, -0.2) is 54.2 Å². The Morgan fingerprint density at radius 3 is 2.41 bits per heavy atom. The third-order valence-electron chi connectivity index (χ3n) is 7.49. The number of aromatic nitrogens is 1. The standard InChI is InChI=1S/C32H26FN3O8S2/c1-3-43-31(40)16-4-9-19(10-5-16)34-23(37)15-44-21-13-6-17(14-22(21)42-2)24-25-27(45-28-26(24)46-32(41)35-28)30(39)36(29(25)38)20-11-7-18(33)8-12-20/h4-14,24-25,27H,3,15H2,1-2H3,(H,34,37)(H,35,41)/t24-,25-,27+/m0/s1. The van der Waals surface area contributed by atoms with Crippen LogP contribution in [0.3, 0.4) is 0 Å². The Bertz CT molecular complexity index is 1890. The number of thiazole rings is 1. The molecule has 1 fully saturated rings. The van der Waals surface area contributed by atoms with E-state index < -0.39 is 46.6 Å². The molecule has 0 aliphatic carbocycles. The van der Waals surface area contributed by atoms with Crippen molar-refractivity contribution in [2.45, 2.75) is 23.1 Å². The van der Waals surface area contributed by atoms with E-state index in [-0.39, 0.29) is 35.3 Å². The summed E-state index contributed by atoms with van der Waals surface area (Å²) in [5, 5.41) is 2.38. The number of imide groups is 1. The Morgan fingerprint density at radius 2 is 1.72 bits per heavy atom. The van der Waals surface area contributed by atoms with Gasteiger partial charge in [-0.25, -0.2) is 14.1 Å². The number of anilines is 2. The van der Waals surface area contributed by atoms with Gasteiger partial charge in [0.2, 0.25) is 11.8 Å². The lowest BCUT2D eigenvalue weighted by molar-refractivity contribution is -0.122. The highest BCUT2D eigenvalue weighted by Gasteiger charge is 2.56. The van der Waals surface area contributed by atoms with Gasteiger partial charge in [-0.2, -0.15) is 0 Å². The lowest BCUT2D eigenvalue weighted by Crippen LogP contribution is -2.32. The van der Waals surface area contributed by atoms with E-state index in [1.807, 2.05) is 0 Å². The van der Waals surface area contributed by atoms with Crippen LogP contribution in [0.4, 0.5) is 15.8 Å². The molecule has 236 valence electrons. The lowest BCUT2D eigenvalue weighted by atomic mass is 9.83. The molecule has 1 saturated heterocycles. The first-order valence-electron chi connectivity index (χ1n) is 14.1. The van der Waals surface area contributed by atoms with Crippen LogP contribution in [0.5, 0.6) is 11.5 Å². The predicted octanol–water partition coefficient (Wildman–Crippen LogP) is 4.57. The number of esters is 1. The van der Waals surface area contributed by atoms with E-state index in [1.165, 1.54) is 31.4 Å². The first-order valence-corrected chi connectivity index (χ1v) is 15.8. The van der Waals surface area contributed by atoms with Gasteiger partial charge in [0, 0.05) is 16.5 Å². The number of carbonyl (C=O) groups excluding carboxylic acids is 4. The summed E-state index contributed by atoms with van der Waals surface area (Å²) in [6.45, 7) is 1.61. The number of methoxy groups -OCH3 is 1. The van der Waals surface area contributed by atoms with E-state index in [0.29, 0.717) is 26.7 Å². The number of amides is 3. The Labute approximate surface area is 269 Å². The van der Waals surface area contributed by atoms with E-state index in [9.17, 15) is 28.4 Å². The number of rotatable bonds is 9. The molecule has 3 aromatic carbocycles. The van der Waals surface area contributed by atoms with Crippen molar-refractivity contribution in [3.05, 3.63) is 98.2 Å². The van der Waals surface area contributed by atoms with Crippen LogP contribution in [0.1, 0.15) is 33.6 Å². The van der Waals surface area contributed by atoms with Crippen molar-refractivity contribution in [1.82, 2.24) is 4.98 Å². The fourth-order valence-electron chi connectivity index (χ4n) is 5.46. The molecule has 3 atom stereocenters. The number of hydrogen-bond donors (Lipinski definition) is 2. The van der Waals surface area contributed by atoms with E-state index in [4.69, 9.17) is 14.2 Å². The summed E-state index contributed by atoms with van der Waals surface area (Å²) in [5.41, 5.74) is 1.68. The highest BCUT2D eigenvalue weighted by atomic mass is 32.2. The second kappa shape index (κ2) is 12.8. The Morgan fingerprint density at radius 1 is 0.978 bits per heavy atom. The summed E-state index contributed by atoms with van der Waals surface area (Å²) in [6.07, 6.45) is 0. The van der Waals surface area contributed by atoms with Gasteiger partial charge in [-0.1, -0.05) is 29.2 Å². The molecular weight excluding hydrogens is 637 g/mol. The number of fused-ring (bicyclic) bond motifs is 2. The quantitative estimate of drug-likeness (QED) is 0.194. The summed E-state index contributed by atoms with van der Waals surface area (Å²) in [4.78, 5) is 68.4. The number of H-pyrrole nitrogens is 1. The van der Waals surface area contributed by atoms with Gasteiger partial charge >= 0.3 is 10.8 Å². The largest absolute Gasteiger partial charge is 0.493 e. The van der Waals surface area contributed by atoms with Crippen molar-refractivity contribution in [2.24, 2.45) is 5.92 Å². The van der Waals surface area contributed by atoms with Gasteiger partial charge in [-0.15, -0.1) is 0 Å². The normalized spacial score (nSPS) is 18.5. The van der Waals surface area contributed by atoms with Crippen molar-refractivity contribution in [2.75, 3.05) is 30.5 Å². The molecule has 1 aromatic heterocycles. The van der Waals surface area contributed by atoms with E-state index in [1.54, 1.807) is 49.4 Å². The zero-order valence-corrected chi connectivity index (χ0v) is 26.0. The molecule has 0 saturated carbocycles. The van der Waals surface area contributed by atoms with Gasteiger partial charge in [-0.3, -0.25) is 19.2 Å². The highest BCUT2D eigenvalue weighted by Crippen LogP contribution is 2.53. The Balaban J connectivity index is 1.22. The zero-order valence-electron chi connectivity index (χ0n) is 24.4. The summed E-state index contributed by atoms with van der Waals surface area (Å²) in [7, 11) is 1.43. The second-order valence-electron chi connectivity index (χ2n) is 10.3. The molecule has 11 nitrogen and oxygen atoms in total. The molecule has 46 heavy (non-hydrogen) atoms. The van der Waals surface area contributed by atoms with Gasteiger partial charge in [-0.05, 0) is 73.2 Å². The average Bonchev–Trinajstić information content (AvgIpc) is 3.54. The molecule has 2 aliphatic rings. The molecule has 0 spiro atoms. The maximum Gasteiger partial charge on any atom is 0.338 e. The number of ether oxygens (including phenoxy) is 3. The molecule has 2 N–H and O–H groups in total. The minimum atomic E-state index is -0.848. The van der Waals surface area contributed by atoms with Gasteiger partial charge in [0.1, 0.15) is 11.1 Å². The van der Waals surface area contributed by atoms with E-state index >= 15 is 0 Å². The molecular formula is C32H26FN3O8S2. The first kappa shape index (κ1) is 31.0. The van der Waals surface area contributed by atoms with E-state index in [0.717, 1.165) is 28.0 Å². The summed E-state index contributed by atoms with van der Waals surface area (Å²) in [6, 6.07) is 16.3. The second-order valence-corrected chi connectivity index (χ2v) is 12.4. The van der Waals surface area contributed by atoms with Crippen LogP contribution in [0.15, 0.2) is 76.6 Å². The number of hydrogen-bond acceptors (Lipinski definition) is 10. The third kappa shape index (κ3) is 5.88. The third-order valence-corrected chi connectivity index (χ3v) is 9.90. The predicted molar refractivity (Wildman–Crippen MR) is 168 cm³/mol. The Hall–Kier alpha value is -4.95. The van der Waals surface area contributed by atoms with E-state index in [2.05, 4.69) is 10.3 Å². The van der Waals surface area contributed by atoms with Crippen LogP contribution in [0, 0.1) is 11.7 Å². The number of thioether (sulfide) groups is 1. The minimum Gasteiger partial charge on any atom is -0.493 e. The first-order chi connectivity index (χ1) is 22.2. The number of carbonyl (C=O) groups is 4. The molecule has 0 unspecified atom stereocenters. The Kier molecular flexibility index (Phi) is 8.65. The smallest absolute Gasteiger partial charge is 0.338 e. The molecule has 0 radical (unpaired) electrons. The maximum atomic E-state index is 13.9. The molecule has 3 heterocycles. The monoisotopic (exact) mass is 663 g/mol. The van der Waals surface area contributed by atoms with Crippen molar-refractivity contribution < 1.29 is 37.8 Å². The maximum absolute atomic E-state index is 13.9. The lowest BCUT2D eigenvalue weighted by Gasteiger charge is -2.30. The number of benzene rings is 3. The number of aromatic amines is 1. The van der Waals surface area contributed by atoms with Crippen molar-refractivity contribution in [3.63, 3.8) is 0 Å². The summed E-state index contributed by atoms with van der Waals surface area (Å²) in [5.74, 6) is -3.32. The number of nitrogens with zero attached hydrogens (tertiary/aromatic N) is 1. The number of nitrogens with one attached hydrogen (secondary N) is 2. The highest BCUT2D eigenvalue weighted by molar-refractivity contribution is 8.00. The van der Waals surface area contributed by atoms with Crippen LogP contribution in [0.2, 0.25) is 0 Å². The van der Waals surface area contributed by atoms with Crippen LogP contribution >= 0.6 is 23.1 Å². The van der Waals surface area contributed by atoms with Gasteiger partial charge < -0.3 is 24.5 Å². The van der Waals surface area contributed by atoms with Crippen molar-refractivity contribution in [3.8, 4) is 11.5 Å². The minimum absolute atomic E-state index is 0.253. The van der Waals surface area contributed by atoms with Crippen molar-refractivity contribution >= 4 is 58.2 Å². The molecule has 0 bridgehead atoms. The van der Waals surface area contributed by atoms with Crippen LogP contribution < -0.4 is 24.6 Å². The average molecular weight is 664 g/mol. The van der Waals surface area contributed by atoms with Crippen LogP contribution in [0.25, 0.3) is 0 Å². The molecule has 14 heteroatoms. The molecule has 4 aromatic rings. The molecule has 3 amide bonds. The molecule has 2 aliphatic heterocycles. The fraction of sp³-hybridized carbons (Fsp3) is 0.219. The van der Waals surface area contributed by atoms with Gasteiger partial charge in [0.25, 0.3) is 5.91 Å². The molecule has 6 rings (SSSR count). The van der Waals surface area contributed by atoms with Crippen LogP contribution in [-0.2, 0) is 19.1 Å². The van der Waals surface area contributed by atoms with Gasteiger partial charge in [0.15, 0.2) is 18.1 Å². The fourth-order valence-corrected chi connectivity index (χ4v) is 7.98. The van der Waals surface area contributed by atoms with Gasteiger partial charge in [0.05, 0.1) is 35.9 Å². The van der Waals surface area contributed by atoms with Crippen molar-refractivity contribution in [1.29, 1.82) is 0 Å². The number of halogens is 1. The summed E-state index contributed by atoms with van der Waals surface area (Å²) >= 11 is 2.10.